The molecule has 1 aromatic heterocycles. The largest absolute Gasteiger partial charge is 0.355 e. The van der Waals surface area contributed by atoms with Crippen molar-refractivity contribution in [2.75, 3.05) is 11.1 Å². The predicted octanol–water partition coefficient (Wildman–Crippen LogP) is 5.48. The monoisotopic (exact) mass is 403 g/mol. The second-order valence-corrected chi connectivity index (χ2v) is 8.11. The first-order valence-corrected chi connectivity index (χ1v) is 10.7. The molecule has 0 spiro atoms. The van der Waals surface area contributed by atoms with Crippen molar-refractivity contribution >= 4 is 23.4 Å². The Balaban J connectivity index is 1.49. The topological polar surface area (TPSA) is 78.9 Å². The number of nitriles is 1. The van der Waals surface area contributed by atoms with Crippen LogP contribution in [-0.2, 0) is 12.8 Å². The van der Waals surface area contributed by atoms with E-state index < -0.39 is 0 Å². The van der Waals surface area contributed by atoms with Crippen LogP contribution in [0, 0.1) is 11.3 Å². The third-order valence-electron chi connectivity index (χ3n) is 4.98. The molecule has 1 heterocycles. The number of hydrogen-bond donors (Lipinski definition) is 1. The number of fused-ring (bicyclic) bond motifs is 1. The van der Waals surface area contributed by atoms with E-state index in [1.807, 2.05) is 30.3 Å². The van der Waals surface area contributed by atoms with Gasteiger partial charge in [0.05, 0.1) is 11.8 Å². The minimum absolute atomic E-state index is 0.245. The Bertz CT molecular complexity index is 1070. The van der Waals surface area contributed by atoms with Crippen molar-refractivity contribution in [2.45, 2.75) is 37.0 Å². The van der Waals surface area contributed by atoms with Gasteiger partial charge in [0, 0.05) is 28.7 Å². The molecular formula is C23H21N3O2S. The first kappa shape index (κ1) is 19.3. The van der Waals surface area contributed by atoms with Crippen LogP contribution in [0.25, 0.3) is 11.3 Å². The first-order valence-electron chi connectivity index (χ1n) is 9.73. The lowest BCUT2D eigenvalue weighted by molar-refractivity contribution is 0.101. The Hall–Kier alpha value is -3.04. The van der Waals surface area contributed by atoms with Crippen LogP contribution >= 0.6 is 11.8 Å². The molecule has 2 aromatic carbocycles. The third kappa shape index (κ3) is 4.52. The van der Waals surface area contributed by atoms with E-state index in [-0.39, 0.29) is 11.6 Å². The molecule has 0 saturated carbocycles. The number of amides is 1. The number of benzene rings is 2. The van der Waals surface area contributed by atoms with Gasteiger partial charge in [-0.1, -0.05) is 29.4 Å². The van der Waals surface area contributed by atoms with Gasteiger partial charge in [0.25, 0.3) is 5.91 Å². The average Bonchev–Trinajstić information content (AvgIpc) is 3.25. The molecule has 1 N–H and O–H groups in total. The third-order valence-corrected chi connectivity index (χ3v) is 6.06. The summed E-state index contributed by atoms with van der Waals surface area (Å²) in [6.45, 7) is 0. The predicted molar refractivity (Wildman–Crippen MR) is 114 cm³/mol. The number of nitrogens with zero attached hydrogens (tertiary/aromatic N) is 2. The molecule has 0 bridgehead atoms. The molecule has 0 radical (unpaired) electrons. The van der Waals surface area contributed by atoms with Crippen LogP contribution in [0.15, 0.2) is 57.9 Å². The zero-order chi connectivity index (χ0) is 20.1. The normalized spacial score (nSPS) is 12.8. The van der Waals surface area contributed by atoms with Gasteiger partial charge in [-0.15, -0.1) is 11.8 Å². The Morgan fingerprint density at radius 3 is 2.83 bits per heavy atom. The van der Waals surface area contributed by atoms with Crippen molar-refractivity contribution in [1.29, 1.82) is 5.26 Å². The van der Waals surface area contributed by atoms with Crippen LogP contribution in [0.3, 0.4) is 0 Å². The second-order valence-electron chi connectivity index (χ2n) is 6.97. The van der Waals surface area contributed by atoms with Crippen LogP contribution < -0.4 is 5.32 Å². The number of anilines is 1. The van der Waals surface area contributed by atoms with Gasteiger partial charge in [0.1, 0.15) is 0 Å². The summed E-state index contributed by atoms with van der Waals surface area (Å²) in [6.07, 6.45) is 5.14. The maximum Gasteiger partial charge on any atom is 0.277 e. The lowest BCUT2D eigenvalue weighted by Crippen LogP contribution is -2.12. The van der Waals surface area contributed by atoms with Gasteiger partial charge < -0.3 is 9.84 Å². The van der Waals surface area contributed by atoms with E-state index in [1.54, 1.807) is 17.8 Å². The molecule has 6 heteroatoms. The molecule has 1 aliphatic rings. The number of carbonyl (C=O) groups excluding carboxylic acids is 1. The first-order chi connectivity index (χ1) is 14.2. The van der Waals surface area contributed by atoms with Gasteiger partial charge in [-0.25, -0.2) is 0 Å². The summed E-state index contributed by atoms with van der Waals surface area (Å²) in [5.41, 5.74) is 4.67. The van der Waals surface area contributed by atoms with Gasteiger partial charge in [-0.3, -0.25) is 4.79 Å². The lowest BCUT2D eigenvalue weighted by atomic mass is 9.90. The molecule has 0 fully saturated rings. The highest BCUT2D eigenvalue weighted by Gasteiger charge is 2.17. The fourth-order valence-corrected chi connectivity index (χ4v) is 4.36. The van der Waals surface area contributed by atoms with Crippen LogP contribution in [0.5, 0.6) is 0 Å². The number of aromatic nitrogens is 1. The molecule has 0 aliphatic heterocycles. The van der Waals surface area contributed by atoms with Crippen molar-refractivity contribution < 1.29 is 9.32 Å². The highest BCUT2D eigenvalue weighted by Crippen LogP contribution is 2.30. The van der Waals surface area contributed by atoms with E-state index in [4.69, 9.17) is 9.78 Å². The maximum atomic E-state index is 12.7. The molecule has 0 unspecified atom stereocenters. The highest BCUT2D eigenvalue weighted by molar-refractivity contribution is 7.99. The molecule has 146 valence electrons. The molecule has 3 aromatic rings. The van der Waals surface area contributed by atoms with E-state index in [0.717, 1.165) is 23.3 Å². The molecular weight excluding hydrogens is 382 g/mol. The minimum Gasteiger partial charge on any atom is -0.355 e. The summed E-state index contributed by atoms with van der Waals surface area (Å²) in [6, 6.07) is 17.7. The van der Waals surface area contributed by atoms with Crippen molar-refractivity contribution in [3.8, 4) is 17.4 Å². The number of para-hydroxylation sites is 1. The molecule has 29 heavy (non-hydrogen) atoms. The lowest BCUT2D eigenvalue weighted by Gasteiger charge is -2.15. The standard InChI is InChI=1S/C23H21N3O2S/c24-12-5-13-29-22-9-4-3-8-19(22)25-23(27)20-15-21(28-26-20)18-11-10-16-6-1-2-7-17(16)14-18/h3-4,8-11,14-15H,1-2,5-7,13H2,(H,25,27). The summed E-state index contributed by atoms with van der Waals surface area (Å²) in [4.78, 5) is 13.6. The quantitative estimate of drug-likeness (QED) is 0.435. The smallest absolute Gasteiger partial charge is 0.277 e. The fraction of sp³-hybridized carbons (Fsp3) is 0.261. The highest BCUT2D eigenvalue weighted by atomic mass is 32.2. The van der Waals surface area contributed by atoms with Crippen LogP contribution in [-0.4, -0.2) is 16.8 Å². The molecule has 1 aliphatic carbocycles. The van der Waals surface area contributed by atoms with E-state index in [0.29, 0.717) is 23.6 Å². The van der Waals surface area contributed by atoms with E-state index >= 15 is 0 Å². The second kappa shape index (κ2) is 8.97. The molecule has 0 atom stereocenters. The number of hydrogen-bond acceptors (Lipinski definition) is 5. The zero-order valence-electron chi connectivity index (χ0n) is 16.0. The Kier molecular flexibility index (Phi) is 5.97. The summed E-state index contributed by atoms with van der Waals surface area (Å²) >= 11 is 1.54. The van der Waals surface area contributed by atoms with E-state index in [9.17, 15) is 4.79 Å². The van der Waals surface area contributed by atoms with Gasteiger partial charge in [0.15, 0.2) is 11.5 Å². The number of carbonyl (C=O) groups is 1. The van der Waals surface area contributed by atoms with E-state index in [1.165, 1.54) is 24.0 Å². The van der Waals surface area contributed by atoms with Gasteiger partial charge in [0.2, 0.25) is 0 Å². The maximum absolute atomic E-state index is 12.7. The van der Waals surface area contributed by atoms with Crippen LogP contribution in [0.4, 0.5) is 5.69 Å². The zero-order valence-corrected chi connectivity index (χ0v) is 16.8. The van der Waals surface area contributed by atoms with E-state index in [2.05, 4.69) is 28.7 Å². The molecule has 1 amide bonds. The Morgan fingerprint density at radius 1 is 1.14 bits per heavy atom. The number of aryl methyl sites for hydroxylation is 2. The number of nitrogens with one attached hydrogen (secondary N) is 1. The van der Waals surface area contributed by atoms with Gasteiger partial charge in [-0.05, 0) is 55.0 Å². The Labute approximate surface area is 174 Å². The summed E-state index contributed by atoms with van der Waals surface area (Å²) in [5.74, 6) is 0.960. The summed E-state index contributed by atoms with van der Waals surface area (Å²) < 4.78 is 5.46. The molecule has 5 nitrogen and oxygen atoms in total. The number of thioether (sulfide) groups is 1. The van der Waals surface area contributed by atoms with Crippen molar-refractivity contribution in [3.05, 3.63) is 65.4 Å². The minimum atomic E-state index is -0.314. The van der Waals surface area contributed by atoms with Gasteiger partial charge in [-0.2, -0.15) is 5.26 Å². The molecule has 0 saturated heterocycles. The van der Waals surface area contributed by atoms with Crippen molar-refractivity contribution in [3.63, 3.8) is 0 Å². The fourth-order valence-electron chi connectivity index (χ4n) is 3.49. The van der Waals surface area contributed by atoms with Gasteiger partial charge >= 0.3 is 0 Å². The Morgan fingerprint density at radius 2 is 1.97 bits per heavy atom. The molecule has 4 rings (SSSR count). The van der Waals surface area contributed by atoms with Crippen molar-refractivity contribution in [1.82, 2.24) is 5.16 Å². The van der Waals surface area contributed by atoms with Crippen LogP contribution in [0.2, 0.25) is 0 Å². The summed E-state index contributed by atoms with van der Waals surface area (Å²) in [5, 5.41) is 15.6. The summed E-state index contributed by atoms with van der Waals surface area (Å²) in [7, 11) is 0. The van der Waals surface area contributed by atoms with Crippen LogP contribution in [0.1, 0.15) is 40.9 Å². The SMILES string of the molecule is N#CCCSc1ccccc1NC(=O)c1cc(-c2ccc3c(c2)CCCC3)on1. The number of rotatable bonds is 6. The van der Waals surface area contributed by atoms with Crippen molar-refractivity contribution in [2.24, 2.45) is 0 Å². The average molecular weight is 404 g/mol.